The summed E-state index contributed by atoms with van der Waals surface area (Å²) in [5.74, 6) is 2.75. The molecule has 0 unspecified atom stereocenters. The van der Waals surface area contributed by atoms with Crippen LogP contribution in [-0.2, 0) is 20.0 Å². The monoisotopic (exact) mass is 522 g/mol. The number of aliphatic imine (C=N–C) groups is 1. The number of hydrogen-bond donors (Lipinski definition) is 2. The van der Waals surface area contributed by atoms with Gasteiger partial charge in [-0.15, -0.1) is 34.2 Å². The molecule has 2 aromatic rings. The van der Waals surface area contributed by atoms with E-state index >= 15 is 0 Å². The van der Waals surface area contributed by atoms with Crippen LogP contribution < -0.4 is 10.6 Å². The zero-order chi connectivity index (χ0) is 20.1. The topological polar surface area (TPSA) is 67.1 Å². The highest BCUT2D eigenvalue weighted by atomic mass is 127. The van der Waals surface area contributed by atoms with Gasteiger partial charge in [0.1, 0.15) is 12.4 Å². The Morgan fingerprint density at radius 1 is 1.13 bits per heavy atom. The smallest absolute Gasteiger partial charge is 0.191 e. The van der Waals surface area contributed by atoms with Crippen LogP contribution in [0.4, 0.5) is 0 Å². The summed E-state index contributed by atoms with van der Waals surface area (Å²) < 4.78 is 2.01. The maximum absolute atomic E-state index is 4.87. The second kappa shape index (κ2) is 10.6. The Morgan fingerprint density at radius 3 is 2.50 bits per heavy atom. The molecule has 2 saturated carbocycles. The lowest BCUT2D eigenvalue weighted by atomic mass is 9.95. The van der Waals surface area contributed by atoms with Crippen LogP contribution in [0.3, 0.4) is 0 Å². The molecule has 1 aromatic heterocycles. The lowest BCUT2D eigenvalue weighted by Crippen LogP contribution is -2.46. The van der Waals surface area contributed by atoms with Gasteiger partial charge in [0.15, 0.2) is 11.8 Å². The SMILES string of the molecule is Cc1nnc(CN=C(NCC2(Cc3ccccc3)CC2)NC2CCCCC2)n1C.I. The standard InChI is InChI=1S/C23H34N6.HI/c1-18-27-28-21(29(18)2)16-24-22(26-20-11-7-4-8-12-20)25-17-23(13-14-23)15-19-9-5-3-6-10-19;/h3,5-6,9-10,20H,4,7-8,11-17H2,1-2H3,(H2,24,25,26);1H. The number of halogens is 1. The zero-order valence-electron chi connectivity index (χ0n) is 18.2. The predicted octanol–water partition coefficient (Wildman–Crippen LogP) is 4.13. The average Bonchev–Trinajstić information content (AvgIpc) is 3.44. The van der Waals surface area contributed by atoms with Gasteiger partial charge in [-0.2, -0.15) is 0 Å². The van der Waals surface area contributed by atoms with E-state index in [-0.39, 0.29) is 24.0 Å². The Hall–Kier alpha value is -1.64. The van der Waals surface area contributed by atoms with E-state index in [1.807, 2.05) is 18.5 Å². The van der Waals surface area contributed by atoms with E-state index in [9.17, 15) is 0 Å². The van der Waals surface area contributed by atoms with Crippen molar-refractivity contribution in [3.05, 3.63) is 47.5 Å². The van der Waals surface area contributed by atoms with Crippen LogP contribution in [0.1, 0.15) is 62.2 Å². The van der Waals surface area contributed by atoms with Crippen molar-refractivity contribution in [1.29, 1.82) is 0 Å². The third kappa shape index (κ3) is 6.18. The number of nitrogens with zero attached hydrogens (tertiary/aromatic N) is 4. The fourth-order valence-corrected chi connectivity index (χ4v) is 4.22. The first-order chi connectivity index (χ1) is 14.1. The molecule has 30 heavy (non-hydrogen) atoms. The van der Waals surface area contributed by atoms with E-state index in [4.69, 9.17) is 4.99 Å². The first kappa shape index (κ1) is 23.0. The summed E-state index contributed by atoms with van der Waals surface area (Å²) in [5.41, 5.74) is 1.80. The highest BCUT2D eigenvalue weighted by Crippen LogP contribution is 2.47. The molecule has 4 rings (SSSR count). The fourth-order valence-electron chi connectivity index (χ4n) is 4.22. The van der Waals surface area contributed by atoms with Crippen molar-refractivity contribution in [2.75, 3.05) is 6.54 Å². The summed E-state index contributed by atoms with van der Waals surface area (Å²) in [6.07, 6.45) is 10.2. The Balaban J connectivity index is 0.00000256. The van der Waals surface area contributed by atoms with Crippen LogP contribution in [0.5, 0.6) is 0 Å². The summed E-state index contributed by atoms with van der Waals surface area (Å²) in [6, 6.07) is 11.4. The molecule has 0 atom stereocenters. The molecule has 0 bridgehead atoms. The summed E-state index contributed by atoms with van der Waals surface area (Å²) in [7, 11) is 2.00. The highest BCUT2D eigenvalue weighted by Gasteiger charge is 2.42. The van der Waals surface area contributed by atoms with Crippen LogP contribution in [0.15, 0.2) is 35.3 Å². The number of guanidine groups is 1. The Labute approximate surface area is 197 Å². The van der Waals surface area contributed by atoms with Crippen molar-refractivity contribution in [2.24, 2.45) is 17.5 Å². The van der Waals surface area contributed by atoms with Gasteiger partial charge in [0, 0.05) is 19.6 Å². The Morgan fingerprint density at radius 2 is 1.87 bits per heavy atom. The molecule has 0 saturated heterocycles. The molecule has 0 aliphatic heterocycles. The van der Waals surface area contributed by atoms with Crippen LogP contribution >= 0.6 is 24.0 Å². The molecule has 7 heteroatoms. The van der Waals surface area contributed by atoms with Crippen molar-refractivity contribution < 1.29 is 0 Å². The molecule has 0 amide bonds. The zero-order valence-corrected chi connectivity index (χ0v) is 20.6. The molecular weight excluding hydrogens is 487 g/mol. The van der Waals surface area contributed by atoms with Gasteiger partial charge in [0.05, 0.1) is 0 Å². The molecule has 2 aliphatic carbocycles. The van der Waals surface area contributed by atoms with Gasteiger partial charge in [0.2, 0.25) is 0 Å². The molecular formula is C23H35IN6. The van der Waals surface area contributed by atoms with E-state index < -0.39 is 0 Å². The second-order valence-electron chi connectivity index (χ2n) is 8.88. The lowest BCUT2D eigenvalue weighted by molar-refractivity contribution is 0.406. The van der Waals surface area contributed by atoms with Crippen LogP contribution in [0.25, 0.3) is 0 Å². The fraction of sp³-hybridized carbons (Fsp3) is 0.609. The maximum Gasteiger partial charge on any atom is 0.191 e. The molecule has 1 heterocycles. The van der Waals surface area contributed by atoms with Gasteiger partial charge in [0.25, 0.3) is 0 Å². The molecule has 164 valence electrons. The number of aromatic nitrogens is 3. The van der Waals surface area contributed by atoms with Crippen molar-refractivity contribution >= 4 is 29.9 Å². The molecule has 0 spiro atoms. The minimum absolute atomic E-state index is 0. The summed E-state index contributed by atoms with van der Waals surface area (Å²) in [5, 5.41) is 15.8. The van der Waals surface area contributed by atoms with E-state index in [0.29, 0.717) is 18.0 Å². The average molecular weight is 522 g/mol. The largest absolute Gasteiger partial charge is 0.356 e. The van der Waals surface area contributed by atoms with E-state index in [1.54, 1.807) is 0 Å². The van der Waals surface area contributed by atoms with Gasteiger partial charge in [-0.3, -0.25) is 0 Å². The maximum atomic E-state index is 4.87. The van der Waals surface area contributed by atoms with Gasteiger partial charge in [-0.1, -0.05) is 49.6 Å². The van der Waals surface area contributed by atoms with Gasteiger partial charge in [-0.25, -0.2) is 4.99 Å². The third-order valence-corrected chi connectivity index (χ3v) is 6.52. The number of benzene rings is 1. The van der Waals surface area contributed by atoms with Crippen molar-refractivity contribution in [3.63, 3.8) is 0 Å². The molecule has 0 radical (unpaired) electrons. The second-order valence-corrected chi connectivity index (χ2v) is 8.88. The van der Waals surface area contributed by atoms with Crippen molar-refractivity contribution in [3.8, 4) is 0 Å². The quantitative estimate of drug-likeness (QED) is 0.326. The van der Waals surface area contributed by atoms with Crippen LogP contribution in [0.2, 0.25) is 0 Å². The Kier molecular flexibility index (Phi) is 8.13. The highest BCUT2D eigenvalue weighted by molar-refractivity contribution is 14.0. The minimum Gasteiger partial charge on any atom is -0.356 e. The number of nitrogens with one attached hydrogen (secondary N) is 2. The minimum atomic E-state index is 0. The summed E-state index contributed by atoms with van der Waals surface area (Å²) in [6.45, 7) is 3.49. The third-order valence-electron chi connectivity index (χ3n) is 6.52. The summed E-state index contributed by atoms with van der Waals surface area (Å²) >= 11 is 0. The first-order valence-electron chi connectivity index (χ1n) is 11.1. The van der Waals surface area contributed by atoms with Crippen LogP contribution in [-0.4, -0.2) is 33.3 Å². The molecule has 2 fully saturated rings. The molecule has 2 N–H and O–H groups in total. The van der Waals surface area contributed by atoms with Crippen molar-refractivity contribution in [1.82, 2.24) is 25.4 Å². The number of rotatable bonds is 7. The first-order valence-corrected chi connectivity index (χ1v) is 11.1. The van der Waals surface area contributed by atoms with Gasteiger partial charge < -0.3 is 15.2 Å². The molecule has 6 nitrogen and oxygen atoms in total. The predicted molar refractivity (Wildman–Crippen MR) is 132 cm³/mol. The van der Waals surface area contributed by atoms with Crippen molar-refractivity contribution in [2.45, 2.75) is 70.9 Å². The van der Waals surface area contributed by atoms with Gasteiger partial charge >= 0.3 is 0 Å². The summed E-state index contributed by atoms with van der Waals surface area (Å²) in [4.78, 5) is 4.87. The molecule has 1 aromatic carbocycles. The van der Waals surface area contributed by atoms with Gasteiger partial charge in [-0.05, 0) is 50.0 Å². The Bertz CT molecular complexity index is 821. The van der Waals surface area contributed by atoms with Crippen LogP contribution in [0, 0.1) is 12.3 Å². The van der Waals surface area contributed by atoms with E-state index in [2.05, 4.69) is 51.2 Å². The number of hydrogen-bond acceptors (Lipinski definition) is 3. The molecule has 2 aliphatic rings. The number of aryl methyl sites for hydroxylation is 1. The lowest BCUT2D eigenvalue weighted by Gasteiger charge is -2.26. The normalized spacial score (nSPS) is 18.5. The van der Waals surface area contributed by atoms with E-state index in [1.165, 1.54) is 50.5 Å². The van der Waals surface area contributed by atoms with E-state index in [0.717, 1.165) is 30.6 Å².